The molecule has 1 aromatic carbocycles. The first-order valence-electron chi connectivity index (χ1n) is 13.3. The Labute approximate surface area is 203 Å². The smallest absolute Gasteiger partial charge is 0.362 e. The zero-order valence-corrected chi connectivity index (χ0v) is 21.5. The van der Waals surface area contributed by atoms with Crippen LogP contribution in [0.5, 0.6) is 0 Å². The predicted octanol–water partition coefficient (Wildman–Crippen LogP) is 5.59. The lowest BCUT2D eigenvalue weighted by Crippen LogP contribution is -2.46. The number of fused-ring (bicyclic) bond motifs is 1. The number of para-hydroxylation sites is 2. The summed E-state index contributed by atoms with van der Waals surface area (Å²) >= 11 is 0. The molecule has 0 amide bonds. The van der Waals surface area contributed by atoms with Crippen LogP contribution < -0.4 is 5.56 Å². The molecule has 2 fully saturated rings. The molecule has 0 radical (unpaired) electrons. The van der Waals surface area contributed by atoms with Gasteiger partial charge in [0.25, 0.3) is 5.56 Å². The Balaban J connectivity index is 1.60. The third kappa shape index (κ3) is 4.93. The lowest BCUT2D eigenvalue weighted by atomic mass is 9.79. The molecule has 0 bridgehead atoms. The van der Waals surface area contributed by atoms with Gasteiger partial charge >= 0.3 is 5.97 Å². The lowest BCUT2D eigenvalue weighted by molar-refractivity contribution is 0.0516. The van der Waals surface area contributed by atoms with Gasteiger partial charge in [-0.05, 0) is 89.7 Å². The number of carbonyl (C=O) groups is 1. The van der Waals surface area contributed by atoms with E-state index in [4.69, 9.17) is 4.74 Å². The molecule has 6 nitrogen and oxygen atoms in total. The van der Waals surface area contributed by atoms with Crippen molar-refractivity contribution in [1.82, 2.24) is 14.5 Å². The number of aromatic nitrogens is 2. The average molecular weight is 468 g/mol. The number of rotatable bonds is 7. The molecule has 186 valence electrons. The Hall–Kier alpha value is -2.21. The van der Waals surface area contributed by atoms with E-state index in [2.05, 4.69) is 37.6 Å². The van der Waals surface area contributed by atoms with Gasteiger partial charge in [0, 0.05) is 24.2 Å². The van der Waals surface area contributed by atoms with Crippen LogP contribution in [0.4, 0.5) is 0 Å². The quantitative estimate of drug-likeness (QED) is 0.497. The number of hydrogen-bond donors (Lipinski definition) is 0. The normalized spacial score (nSPS) is 26.8. The molecule has 4 rings (SSSR count). The third-order valence-electron chi connectivity index (χ3n) is 8.27. The van der Waals surface area contributed by atoms with E-state index in [1.54, 1.807) is 11.5 Å². The highest BCUT2D eigenvalue weighted by Gasteiger charge is 2.38. The van der Waals surface area contributed by atoms with Crippen molar-refractivity contribution in [3.05, 3.63) is 40.3 Å². The van der Waals surface area contributed by atoms with Gasteiger partial charge in [0.1, 0.15) is 0 Å². The summed E-state index contributed by atoms with van der Waals surface area (Å²) in [4.78, 5) is 33.1. The second-order valence-electron chi connectivity index (χ2n) is 10.8. The zero-order chi connectivity index (χ0) is 24.4. The first-order chi connectivity index (χ1) is 16.3. The maximum atomic E-state index is 13.4. The van der Waals surface area contributed by atoms with Gasteiger partial charge in [0.05, 0.1) is 17.6 Å². The number of esters is 1. The maximum Gasteiger partial charge on any atom is 0.362 e. The summed E-state index contributed by atoms with van der Waals surface area (Å²) in [5, 5.41) is 0. The van der Waals surface area contributed by atoms with Crippen molar-refractivity contribution in [2.45, 2.75) is 104 Å². The fraction of sp³-hybridized carbons (Fsp3) is 0.679. The van der Waals surface area contributed by atoms with Crippen LogP contribution in [0.3, 0.4) is 0 Å². The third-order valence-corrected chi connectivity index (χ3v) is 8.27. The number of benzene rings is 1. The van der Waals surface area contributed by atoms with E-state index >= 15 is 0 Å². The highest BCUT2D eigenvalue weighted by Crippen LogP contribution is 2.39. The second-order valence-corrected chi connectivity index (χ2v) is 10.8. The standard InChI is InChI=1S/C28H41N3O3/c1-6-34-28(33)26-27(32)31(25-10-8-7-9-24(25)29-26)20(5)17-23-14-11-19(4)30(23)22-15-12-21(13-16-22)18(2)3/h7-10,18-23H,6,11-17H2,1-5H3. The van der Waals surface area contributed by atoms with Crippen molar-refractivity contribution >= 4 is 17.0 Å². The Morgan fingerprint density at radius 3 is 2.47 bits per heavy atom. The van der Waals surface area contributed by atoms with Gasteiger partial charge in [-0.25, -0.2) is 9.78 Å². The molecule has 1 aromatic heterocycles. The van der Waals surface area contributed by atoms with Crippen molar-refractivity contribution in [3.63, 3.8) is 0 Å². The number of carbonyl (C=O) groups excluding carboxylic acids is 1. The van der Waals surface area contributed by atoms with Crippen molar-refractivity contribution in [3.8, 4) is 0 Å². The summed E-state index contributed by atoms with van der Waals surface area (Å²) in [6.07, 6.45) is 8.48. The maximum absolute atomic E-state index is 13.4. The molecule has 6 heteroatoms. The Bertz CT molecular complexity index is 1050. The van der Waals surface area contributed by atoms with E-state index in [-0.39, 0.29) is 23.9 Å². The summed E-state index contributed by atoms with van der Waals surface area (Å²) in [6, 6.07) is 9.24. The molecular formula is C28H41N3O3. The minimum absolute atomic E-state index is 0.0432. The minimum Gasteiger partial charge on any atom is -0.461 e. The van der Waals surface area contributed by atoms with Crippen LogP contribution in [0.2, 0.25) is 0 Å². The van der Waals surface area contributed by atoms with E-state index in [1.807, 2.05) is 24.3 Å². The van der Waals surface area contributed by atoms with E-state index in [0.717, 1.165) is 30.2 Å². The van der Waals surface area contributed by atoms with Gasteiger partial charge in [-0.2, -0.15) is 0 Å². The largest absolute Gasteiger partial charge is 0.461 e. The van der Waals surface area contributed by atoms with Gasteiger partial charge in [-0.1, -0.05) is 26.0 Å². The minimum atomic E-state index is -0.641. The molecule has 3 unspecified atom stereocenters. The first-order valence-corrected chi connectivity index (χ1v) is 13.3. The molecule has 0 N–H and O–H groups in total. The Morgan fingerprint density at radius 1 is 1.09 bits per heavy atom. The summed E-state index contributed by atoms with van der Waals surface area (Å²) in [5.41, 5.74) is 0.972. The monoisotopic (exact) mass is 467 g/mol. The van der Waals surface area contributed by atoms with Crippen LogP contribution in [-0.2, 0) is 4.74 Å². The lowest BCUT2D eigenvalue weighted by Gasteiger charge is -2.42. The fourth-order valence-electron chi connectivity index (χ4n) is 6.48. The molecule has 3 atom stereocenters. The topological polar surface area (TPSA) is 64.4 Å². The first kappa shape index (κ1) is 24.9. The number of likely N-dealkylation sites (tertiary alicyclic amines) is 1. The second kappa shape index (κ2) is 10.6. The Kier molecular flexibility index (Phi) is 7.76. The number of hydrogen-bond acceptors (Lipinski definition) is 5. The van der Waals surface area contributed by atoms with E-state index in [1.165, 1.54) is 32.1 Å². The SMILES string of the molecule is CCOC(=O)c1nc2ccccc2n(C(C)CC2CCC(C)N2C2CCC(C(C)C)CC2)c1=O. The molecule has 1 aliphatic heterocycles. The molecular weight excluding hydrogens is 426 g/mol. The summed E-state index contributed by atoms with van der Waals surface area (Å²) in [7, 11) is 0. The van der Waals surface area contributed by atoms with Crippen LogP contribution in [-0.4, -0.2) is 45.2 Å². The summed E-state index contributed by atoms with van der Waals surface area (Å²) in [5.74, 6) is 0.986. The van der Waals surface area contributed by atoms with E-state index in [0.29, 0.717) is 23.6 Å². The molecule has 2 aromatic rings. The molecule has 1 saturated carbocycles. The van der Waals surface area contributed by atoms with Gasteiger partial charge in [0.15, 0.2) is 0 Å². The van der Waals surface area contributed by atoms with Crippen molar-refractivity contribution in [2.75, 3.05) is 6.61 Å². The summed E-state index contributed by atoms with van der Waals surface area (Å²) in [6.45, 7) is 11.1. The highest BCUT2D eigenvalue weighted by atomic mass is 16.5. The van der Waals surface area contributed by atoms with Gasteiger partial charge in [0.2, 0.25) is 5.69 Å². The number of nitrogens with zero attached hydrogens (tertiary/aromatic N) is 3. The zero-order valence-electron chi connectivity index (χ0n) is 21.5. The van der Waals surface area contributed by atoms with Crippen LogP contribution in [0.1, 0.15) is 96.1 Å². The van der Waals surface area contributed by atoms with Crippen molar-refractivity contribution in [2.24, 2.45) is 11.8 Å². The molecule has 1 aliphatic carbocycles. The molecule has 2 heterocycles. The van der Waals surface area contributed by atoms with Gasteiger partial charge < -0.3 is 9.30 Å². The van der Waals surface area contributed by atoms with Crippen LogP contribution in [0.25, 0.3) is 11.0 Å². The molecule has 1 saturated heterocycles. The number of ether oxygens (including phenoxy) is 1. The van der Waals surface area contributed by atoms with Crippen LogP contribution in [0.15, 0.2) is 29.1 Å². The van der Waals surface area contributed by atoms with Crippen molar-refractivity contribution in [1.29, 1.82) is 0 Å². The highest BCUT2D eigenvalue weighted by molar-refractivity contribution is 5.89. The molecule has 2 aliphatic rings. The van der Waals surface area contributed by atoms with Crippen molar-refractivity contribution < 1.29 is 9.53 Å². The fourth-order valence-corrected chi connectivity index (χ4v) is 6.48. The average Bonchev–Trinajstić information content (AvgIpc) is 3.18. The predicted molar refractivity (Wildman–Crippen MR) is 136 cm³/mol. The summed E-state index contributed by atoms with van der Waals surface area (Å²) < 4.78 is 6.92. The molecule has 0 spiro atoms. The van der Waals surface area contributed by atoms with E-state index in [9.17, 15) is 9.59 Å². The van der Waals surface area contributed by atoms with Gasteiger partial charge in [-0.15, -0.1) is 0 Å². The Morgan fingerprint density at radius 2 is 1.79 bits per heavy atom. The van der Waals surface area contributed by atoms with E-state index < -0.39 is 5.97 Å². The van der Waals surface area contributed by atoms with Gasteiger partial charge in [-0.3, -0.25) is 9.69 Å². The van der Waals surface area contributed by atoms with Crippen LogP contribution >= 0.6 is 0 Å². The molecule has 34 heavy (non-hydrogen) atoms. The van der Waals surface area contributed by atoms with Crippen LogP contribution in [0, 0.1) is 11.8 Å².